The quantitative estimate of drug-likeness (QED) is 0.773. The molecule has 1 fully saturated rings. The Hall–Kier alpha value is -2.80. The van der Waals surface area contributed by atoms with Crippen molar-refractivity contribution in [3.05, 3.63) is 36.9 Å². The van der Waals surface area contributed by atoms with E-state index >= 15 is 0 Å². The van der Waals surface area contributed by atoms with E-state index in [4.69, 9.17) is 0 Å². The normalized spacial score (nSPS) is 18.4. The van der Waals surface area contributed by atoms with Crippen LogP contribution < -0.4 is 5.32 Å². The Balaban J connectivity index is 1.54. The highest BCUT2D eigenvalue weighted by molar-refractivity contribution is 5.94. The van der Waals surface area contributed by atoms with E-state index in [1.165, 1.54) is 0 Å². The van der Waals surface area contributed by atoms with Crippen LogP contribution in [0.1, 0.15) is 19.3 Å². The van der Waals surface area contributed by atoms with Crippen molar-refractivity contribution in [2.24, 2.45) is 13.0 Å². The molecule has 0 bridgehead atoms. The minimum absolute atomic E-state index is 0.0484. The second-order valence-corrected chi connectivity index (χ2v) is 7.31. The number of rotatable bonds is 3. The maximum Gasteiger partial charge on any atom is 0.228 e. The first kappa shape index (κ1) is 17.6. The van der Waals surface area contributed by atoms with Gasteiger partial charge in [-0.3, -0.25) is 14.5 Å². The average molecular weight is 364 g/mol. The maximum atomic E-state index is 12.7. The Bertz CT molecular complexity index is 966. The summed E-state index contributed by atoms with van der Waals surface area (Å²) in [5, 5.41) is 8.15. The zero-order valence-corrected chi connectivity index (χ0v) is 15.7. The summed E-state index contributed by atoms with van der Waals surface area (Å²) in [5.41, 5.74) is 2.81. The van der Waals surface area contributed by atoms with Crippen LogP contribution >= 0.6 is 0 Å². The van der Waals surface area contributed by atoms with E-state index in [1.807, 2.05) is 31.7 Å². The number of aromatic nitrogens is 4. The first-order valence-corrected chi connectivity index (χ1v) is 9.33. The zero-order chi connectivity index (χ0) is 18.8. The van der Waals surface area contributed by atoms with Gasteiger partial charge in [0.15, 0.2) is 0 Å². The summed E-state index contributed by atoms with van der Waals surface area (Å²) in [5.74, 6) is 0.691. The van der Waals surface area contributed by atoms with Crippen LogP contribution in [-0.2, 0) is 11.8 Å². The molecule has 0 aromatic carbocycles. The molecule has 140 valence electrons. The fraction of sp³-hybridized carbons (Fsp3) is 0.400. The number of likely N-dealkylation sites (tertiary alicyclic amines) is 1. The summed E-state index contributed by atoms with van der Waals surface area (Å²) < 4.78 is 1.77. The van der Waals surface area contributed by atoms with Gasteiger partial charge in [-0.15, -0.1) is 0 Å². The predicted molar refractivity (Wildman–Crippen MR) is 105 cm³/mol. The molecule has 27 heavy (non-hydrogen) atoms. The first-order valence-electron chi connectivity index (χ1n) is 9.33. The van der Waals surface area contributed by atoms with E-state index in [0.717, 1.165) is 54.4 Å². The van der Waals surface area contributed by atoms with Gasteiger partial charge in [-0.25, -0.2) is 4.98 Å². The van der Waals surface area contributed by atoms with E-state index in [2.05, 4.69) is 38.4 Å². The summed E-state index contributed by atoms with van der Waals surface area (Å²) in [6, 6.07) is 3.94. The Morgan fingerprint density at radius 1 is 1.07 bits per heavy atom. The molecule has 3 aromatic heterocycles. The van der Waals surface area contributed by atoms with Crippen LogP contribution in [0.5, 0.6) is 0 Å². The number of anilines is 1. The van der Waals surface area contributed by atoms with Gasteiger partial charge in [0.05, 0.1) is 17.9 Å². The molecule has 4 rings (SSSR count). The van der Waals surface area contributed by atoms with Gasteiger partial charge in [0.1, 0.15) is 5.82 Å². The van der Waals surface area contributed by atoms with E-state index in [1.54, 1.807) is 10.9 Å². The van der Waals surface area contributed by atoms with E-state index in [0.29, 0.717) is 5.82 Å². The van der Waals surface area contributed by atoms with Gasteiger partial charge in [-0.1, -0.05) is 0 Å². The highest BCUT2D eigenvalue weighted by Crippen LogP contribution is 2.24. The predicted octanol–water partition coefficient (Wildman–Crippen LogP) is 2.70. The Morgan fingerprint density at radius 3 is 2.78 bits per heavy atom. The lowest BCUT2D eigenvalue weighted by Crippen LogP contribution is -2.25. The average Bonchev–Trinajstić information content (AvgIpc) is 2.98. The Morgan fingerprint density at radius 2 is 1.96 bits per heavy atom. The molecule has 0 saturated carbocycles. The zero-order valence-electron chi connectivity index (χ0n) is 15.7. The number of hydrogen-bond donors (Lipinski definition) is 1. The van der Waals surface area contributed by atoms with Gasteiger partial charge in [-0.05, 0) is 51.5 Å². The van der Waals surface area contributed by atoms with E-state index < -0.39 is 0 Å². The number of nitrogens with one attached hydrogen (secondary N) is 1. The van der Waals surface area contributed by atoms with Crippen molar-refractivity contribution in [3.63, 3.8) is 0 Å². The fourth-order valence-electron chi connectivity index (χ4n) is 3.56. The molecule has 1 amide bonds. The van der Waals surface area contributed by atoms with Crippen molar-refractivity contribution in [2.75, 3.05) is 25.5 Å². The highest BCUT2D eigenvalue weighted by atomic mass is 16.1. The van der Waals surface area contributed by atoms with Gasteiger partial charge < -0.3 is 10.2 Å². The second kappa shape index (κ2) is 7.44. The molecule has 1 aliphatic rings. The van der Waals surface area contributed by atoms with Crippen LogP contribution in [-0.4, -0.2) is 50.7 Å². The van der Waals surface area contributed by atoms with Gasteiger partial charge >= 0.3 is 0 Å². The lowest BCUT2D eigenvalue weighted by Gasteiger charge is -2.14. The van der Waals surface area contributed by atoms with Crippen LogP contribution in [0.15, 0.2) is 36.9 Å². The number of fused-ring (bicyclic) bond motifs is 1. The maximum absolute atomic E-state index is 12.7. The number of nitrogens with zero attached hydrogens (tertiary/aromatic N) is 5. The van der Waals surface area contributed by atoms with Gasteiger partial charge in [0, 0.05) is 41.9 Å². The fourth-order valence-corrected chi connectivity index (χ4v) is 3.56. The molecule has 0 spiro atoms. The van der Waals surface area contributed by atoms with Crippen molar-refractivity contribution in [2.45, 2.75) is 19.3 Å². The SMILES string of the molecule is CN1CCCC(C(=O)Nc2cc3cc(-c4cnn(C)c4)cnc3cn2)CC1. The number of carbonyl (C=O) groups is 1. The third-order valence-electron chi connectivity index (χ3n) is 5.18. The van der Waals surface area contributed by atoms with Gasteiger partial charge in [0.2, 0.25) is 5.91 Å². The summed E-state index contributed by atoms with van der Waals surface area (Å²) in [6.45, 7) is 2.02. The second-order valence-electron chi connectivity index (χ2n) is 7.31. The third-order valence-corrected chi connectivity index (χ3v) is 5.18. The summed E-state index contributed by atoms with van der Waals surface area (Å²) in [7, 11) is 4.00. The van der Waals surface area contributed by atoms with Crippen LogP contribution in [0.4, 0.5) is 5.82 Å². The smallest absolute Gasteiger partial charge is 0.228 e. The minimum atomic E-state index is 0.0484. The third kappa shape index (κ3) is 3.98. The lowest BCUT2D eigenvalue weighted by molar-refractivity contribution is -0.120. The van der Waals surface area contributed by atoms with Crippen molar-refractivity contribution in [1.29, 1.82) is 0 Å². The molecule has 0 radical (unpaired) electrons. The van der Waals surface area contributed by atoms with Crippen molar-refractivity contribution in [1.82, 2.24) is 24.6 Å². The van der Waals surface area contributed by atoms with Crippen LogP contribution in [0.2, 0.25) is 0 Å². The number of hydrogen-bond acceptors (Lipinski definition) is 5. The summed E-state index contributed by atoms with van der Waals surface area (Å²) in [4.78, 5) is 23.8. The topological polar surface area (TPSA) is 75.9 Å². The highest BCUT2D eigenvalue weighted by Gasteiger charge is 2.22. The molecule has 1 aliphatic heterocycles. The molecule has 7 nitrogen and oxygen atoms in total. The van der Waals surface area contributed by atoms with Crippen molar-refractivity contribution in [3.8, 4) is 11.1 Å². The minimum Gasteiger partial charge on any atom is -0.310 e. The van der Waals surface area contributed by atoms with E-state index in [9.17, 15) is 4.79 Å². The summed E-state index contributed by atoms with van der Waals surface area (Å²) >= 11 is 0. The van der Waals surface area contributed by atoms with Crippen molar-refractivity contribution >= 4 is 22.6 Å². The molecule has 4 heterocycles. The van der Waals surface area contributed by atoms with Gasteiger partial charge in [-0.2, -0.15) is 5.10 Å². The van der Waals surface area contributed by atoms with E-state index in [-0.39, 0.29) is 11.8 Å². The number of carbonyl (C=O) groups excluding carboxylic acids is 1. The molecular weight excluding hydrogens is 340 g/mol. The monoisotopic (exact) mass is 364 g/mol. The molecule has 1 atom stereocenters. The first-order chi connectivity index (χ1) is 13.1. The van der Waals surface area contributed by atoms with Crippen LogP contribution in [0, 0.1) is 5.92 Å². The Labute approximate surface area is 158 Å². The number of aryl methyl sites for hydroxylation is 1. The lowest BCUT2D eigenvalue weighted by atomic mass is 10.00. The van der Waals surface area contributed by atoms with Crippen molar-refractivity contribution < 1.29 is 4.79 Å². The largest absolute Gasteiger partial charge is 0.310 e. The molecular formula is C20H24N6O. The Kier molecular flexibility index (Phi) is 4.85. The number of pyridine rings is 2. The number of amides is 1. The van der Waals surface area contributed by atoms with Gasteiger partial charge in [0.25, 0.3) is 0 Å². The summed E-state index contributed by atoms with van der Waals surface area (Å²) in [6.07, 6.45) is 10.2. The molecule has 7 heteroatoms. The molecule has 1 N–H and O–H groups in total. The van der Waals surface area contributed by atoms with Crippen LogP contribution in [0.3, 0.4) is 0 Å². The van der Waals surface area contributed by atoms with Crippen LogP contribution in [0.25, 0.3) is 22.0 Å². The molecule has 3 aromatic rings. The molecule has 1 unspecified atom stereocenters. The molecule has 1 saturated heterocycles. The molecule has 0 aliphatic carbocycles. The standard InChI is InChI=1S/C20H24N6O/c1-25-6-3-4-14(5-7-25)20(27)24-19-9-15-8-16(10-21-18(15)12-22-19)17-11-23-26(2)13-17/h8-14H,3-7H2,1-2H3,(H,22,24,27).